The molecule has 0 fully saturated rings. The van der Waals surface area contributed by atoms with E-state index < -0.39 is 17.5 Å². The number of carbonyl (C=O) groups excluding carboxylic acids is 1. The van der Waals surface area contributed by atoms with Crippen molar-refractivity contribution in [2.45, 2.75) is 0 Å². The number of carbonyl (C=O) groups is 1. The number of hydrogen-bond donors (Lipinski definition) is 2. The summed E-state index contributed by atoms with van der Waals surface area (Å²) in [6.45, 7) is 0. The predicted molar refractivity (Wildman–Crippen MR) is 95.8 cm³/mol. The van der Waals surface area contributed by atoms with Crippen molar-refractivity contribution in [3.8, 4) is 11.4 Å². The quantitative estimate of drug-likeness (QED) is 0.560. The number of hydrogen-bond acceptors (Lipinski definition) is 2. The number of nitrogens with zero attached hydrogens (tertiary/aromatic N) is 1. The summed E-state index contributed by atoms with van der Waals surface area (Å²) < 4.78 is 26.9. The number of aromatic amines is 1. The van der Waals surface area contributed by atoms with Crippen LogP contribution in [0.3, 0.4) is 0 Å². The Balaban J connectivity index is 1.70. The second-order valence-corrected chi connectivity index (χ2v) is 5.73. The van der Waals surface area contributed by atoms with Crippen LogP contribution in [0.25, 0.3) is 22.4 Å². The summed E-state index contributed by atoms with van der Waals surface area (Å²) in [5.74, 6) is -1.72. The first-order valence-electron chi connectivity index (χ1n) is 7.92. The summed E-state index contributed by atoms with van der Waals surface area (Å²) in [4.78, 5) is 20.1. The minimum absolute atomic E-state index is 0.231. The van der Waals surface area contributed by atoms with Gasteiger partial charge in [0.1, 0.15) is 17.5 Å². The van der Waals surface area contributed by atoms with Crippen LogP contribution in [0.2, 0.25) is 0 Å². The molecule has 3 aromatic carbocycles. The van der Waals surface area contributed by atoms with Crippen molar-refractivity contribution >= 4 is 22.6 Å². The van der Waals surface area contributed by atoms with Crippen molar-refractivity contribution in [1.82, 2.24) is 9.97 Å². The largest absolute Gasteiger partial charge is 0.338 e. The SMILES string of the molecule is O=C(Nc1ccccc1-c1nc2ccccc2[nH]1)c1ccc(F)cc1F. The first-order chi connectivity index (χ1) is 12.6. The van der Waals surface area contributed by atoms with Crippen molar-refractivity contribution in [3.63, 3.8) is 0 Å². The van der Waals surface area contributed by atoms with Gasteiger partial charge < -0.3 is 10.3 Å². The van der Waals surface area contributed by atoms with E-state index >= 15 is 0 Å². The van der Waals surface area contributed by atoms with Crippen LogP contribution in [0.5, 0.6) is 0 Å². The Kier molecular flexibility index (Phi) is 3.93. The molecular formula is C20H13F2N3O. The average Bonchev–Trinajstić information content (AvgIpc) is 3.06. The van der Waals surface area contributed by atoms with Gasteiger partial charge >= 0.3 is 0 Å². The Hall–Kier alpha value is -3.54. The number of aromatic nitrogens is 2. The molecule has 0 radical (unpaired) electrons. The molecule has 1 heterocycles. The van der Waals surface area contributed by atoms with E-state index in [2.05, 4.69) is 15.3 Å². The van der Waals surface area contributed by atoms with Gasteiger partial charge in [0.2, 0.25) is 0 Å². The number of para-hydroxylation sites is 3. The third kappa shape index (κ3) is 2.93. The Bertz CT molecular complexity index is 1090. The van der Waals surface area contributed by atoms with E-state index in [9.17, 15) is 13.6 Å². The van der Waals surface area contributed by atoms with Crippen molar-refractivity contribution in [1.29, 1.82) is 0 Å². The van der Waals surface area contributed by atoms with E-state index in [0.717, 1.165) is 23.2 Å². The van der Waals surface area contributed by atoms with Crippen LogP contribution >= 0.6 is 0 Å². The molecule has 0 aliphatic heterocycles. The molecular weight excluding hydrogens is 336 g/mol. The molecule has 4 aromatic rings. The number of nitrogens with one attached hydrogen (secondary N) is 2. The van der Waals surface area contributed by atoms with Gasteiger partial charge in [-0.15, -0.1) is 0 Å². The van der Waals surface area contributed by atoms with Crippen molar-refractivity contribution in [3.05, 3.63) is 83.9 Å². The zero-order valence-electron chi connectivity index (χ0n) is 13.5. The van der Waals surface area contributed by atoms with Gasteiger partial charge in [-0.1, -0.05) is 24.3 Å². The van der Waals surface area contributed by atoms with Crippen LogP contribution in [-0.2, 0) is 0 Å². The monoisotopic (exact) mass is 349 g/mol. The molecule has 4 nitrogen and oxygen atoms in total. The lowest BCUT2D eigenvalue weighted by Crippen LogP contribution is -2.14. The molecule has 0 aliphatic rings. The van der Waals surface area contributed by atoms with Gasteiger partial charge in [0.25, 0.3) is 5.91 Å². The number of halogens is 2. The van der Waals surface area contributed by atoms with Crippen molar-refractivity contribution in [2.75, 3.05) is 5.32 Å². The van der Waals surface area contributed by atoms with Crippen LogP contribution < -0.4 is 5.32 Å². The molecule has 0 saturated heterocycles. The third-order valence-corrected chi connectivity index (χ3v) is 4.00. The number of amides is 1. The molecule has 0 spiro atoms. The number of fused-ring (bicyclic) bond motifs is 1. The fourth-order valence-electron chi connectivity index (χ4n) is 2.74. The second-order valence-electron chi connectivity index (χ2n) is 5.73. The van der Waals surface area contributed by atoms with Gasteiger partial charge in [0.15, 0.2) is 0 Å². The topological polar surface area (TPSA) is 57.8 Å². The Morgan fingerprint density at radius 3 is 2.54 bits per heavy atom. The molecule has 26 heavy (non-hydrogen) atoms. The highest BCUT2D eigenvalue weighted by atomic mass is 19.1. The molecule has 0 aliphatic carbocycles. The van der Waals surface area contributed by atoms with Crippen LogP contribution in [0.4, 0.5) is 14.5 Å². The summed E-state index contributed by atoms with van der Waals surface area (Å²) in [6, 6.07) is 17.5. The Morgan fingerprint density at radius 2 is 1.73 bits per heavy atom. The number of benzene rings is 3. The van der Waals surface area contributed by atoms with E-state index in [1.165, 1.54) is 0 Å². The highest BCUT2D eigenvalue weighted by Gasteiger charge is 2.16. The van der Waals surface area contributed by atoms with E-state index in [1.54, 1.807) is 18.2 Å². The summed E-state index contributed by atoms with van der Waals surface area (Å²) in [5, 5.41) is 2.67. The predicted octanol–water partition coefficient (Wildman–Crippen LogP) is 4.76. The van der Waals surface area contributed by atoms with Gasteiger partial charge in [-0.2, -0.15) is 0 Å². The standard InChI is InChI=1S/C20H13F2N3O/c21-12-9-10-13(15(22)11-12)20(26)25-16-6-2-1-5-14(16)19-23-17-7-3-4-8-18(17)24-19/h1-11H,(H,23,24)(H,25,26). The first kappa shape index (κ1) is 16.0. The van der Waals surface area contributed by atoms with Gasteiger partial charge in [-0.25, -0.2) is 13.8 Å². The van der Waals surface area contributed by atoms with Crippen molar-refractivity contribution in [2.24, 2.45) is 0 Å². The first-order valence-corrected chi connectivity index (χ1v) is 7.92. The molecule has 0 bridgehead atoms. The normalized spacial score (nSPS) is 10.8. The maximum atomic E-state index is 13.8. The van der Waals surface area contributed by atoms with E-state index in [-0.39, 0.29) is 5.56 Å². The zero-order chi connectivity index (χ0) is 18.1. The lowest BCUT2D eigenvalue weighted by atomic mass is 10.1. The van der Waals surface area contributed by atoms with Crippen LogP contribution in [0.15, 0.2) is 66.7 Å². The molecule has 0 saturated carbocycles. The van der Waals surface area contributed by atoms with Crippen molar-refractivity contribution < 1.29 is 13.6 Å². The fourth-order valence-corrected chi connectivity index (χ4v) is 2.74. The smallest absolute Gasteiger partial charge is 0.258 e. The summed E-state index contributed by atoms with van der Waals surface area (Å²) in [6.07, 6.45) is 0. The number of rotatable bonds is 3. The summed E-state index contributed by atoms with van der Waals surface area (Å²) in [5.41, 5.74) is 2.58. The van der Waals surface area contributed by atoms with Crippen LogP contribution in [0, 0.1) is 11.6 Å². The maximum absolute atomic E-state index is 13.8. The number of anilines is 1. The summed E-state index contributed by atoms with van der Waals surface area (Å²) >= 11 is 0. The molecule has 128 valence electrons. The lowest BCUT2D eigenvalue weighted by Gasteiger charge is -2.10. The van der Waals surface area contributed by atoms with Crippen LogP contribution in [-0.4, -0.2) is 15.9 Å². The van der Waals surface area contributed by atoms with E-state index in [1.807, 2.05) is 30.3 Å². The van der Waals surface area contributed by atoms with E-state index in [4.69, 9.17) is 0 Å². The molecule has 4 rings (SSSR count). The average molecular weight is 349 g/mol. The molecule has 1 amide bonds. The van der Waals surface area contributed by atoms with E-state index in [0.29, 0.717) is 23.1 Å². The third-order valence-electron chi connectivity index (χ3n) is 4.00. The minimum Gasteiger partial charge on any atom is -0.338 e. The molecule has 6 heteroatoms. The van der Waals surface area contributed by atoms with Gasteiger partial charge in [-0.3, -0.25) is 4.79 Å². The minimum atomic E-state index is -0.913. The lowest BCUT2D eigenvalue weighted by molar-refractivity contribution is 0.102. The fraction of sp³-hybridized carbons (Fsp3) is 0. The number of H-pyrrole nitrogens is 1. The highest BCUT2D eigenvalue weighted by Crippen LogP contribution is 2.28. The Labute approximate surface area is 147 Å². The molecule has 0 unspecified atom stereocenters. The molecule has 2 N–H and O–H groups in total. The molecule has 0 atom stereocenters. The Morgan fingerprint density at radius 1 is 0.962 bits per heavy atom. The van der Waals surface area contributed by atoms with Crippen LogP contribution in [0.1, 0.15) is 10.4 Å². The van der Waals surface area contributed by atoms with Gasteiger partial charge in [0, 0.05) is 11.6 Å². The van der Waals surface area contributed by atoms with Gasteiger partial charge in [-0.05, 0) is 36.4 Å². The summed E-state index contributed by atoms with van der Waals surface area (Å²) in [7, 11) is 0. The van der Waals surface area contributed by atoms with Gasteiger partial charge in [0.05, 0.1) is 22.3 Å². The zero-order valence-corrected chi connectivity index (χ0v) is 13.5. The highest BCUT2D eigenvalue weighted by molar-refractivity contribution is 6.06. The number of imidazole rings is 1. The maximum Gasteiger partial charge on any atom is 0.258 e. The second kappa shape index (κ2) is 6.40. The molecule has 1 aromatic heterocycles.